The fourth-order valence-electron chi connectivity index (χ4n) is 5.37. The number of hydrogen-bond donors (Lipinski definition) is 6. The molecule has 0 aliphatic carbocycles. The van der Waals surface area contributed by atoms with Gasteiger partial charge in [0.2, 0.25) is 17.6 Å². The quantitative estimate of drug-likeness (QED) is 0.138. The number of alkyl halides is 3. The molecule has 13 nitrogen and oxygen atoms in total. The van der Waals surface area contributed by atoms with E-state index in [-0.39, 0.29) is 37.4 Å². The monoisotopic (exact) mass is 542 g/mol. The van der Waals surface area contributed by atoms with Crippen molar-refractivity contribution in [3.8, 4) is 0 Å². The molecule has 1 spiro atoms. The van der Waals surface area contributed by atoms with E-state index in [4.69, 9.17) is 11.5 Å². The van der Waals surface area contributed by atoms with Crippen molar-refractivity contribution < 1.29 is 42.2 Å². The standard InChI is InChI=1S/C21H22F4N8O5/c22-10-4-8(3-9(5-10)21(23,24)25)16(36)29-12-7-33-18(27)28-11(6-32-13(34)1-2-14(32)35)15-19(33,20(12,37)38)31-17(26)30-15/h3-5,11-12,15,37-38H,1-2,6-7H2,(H2,27,28)(H,29,36)(H3,26,30,31). The topological polar surface area (TPSA) is 199 Å². The number of aliphatic hydroxyl groups is 2. The second-order valence-corrected chi connectivity index (χ2v) is 9.39. The summed E-state index contributed by atoms with van der Waals surface area (Å²) < 4.78 is 53.2. The zero-order valence-electron chi connectivity index (χ0n) is 19.4. The number of nitrogens with one attached hydrogen (secondary N) is 2. The lowest BCUT2D eigenvalue weighted by molar-refractivity contribution is -0.230. The molecule has 2 saturated heterocycles. The summed E-state index contributed by atoms with van der Waals surface area (Å²) in [7, 11) is 0. The fourth-order valence-corrected chi connectivity index (χ4v) is 5.37. The predicted molar refractivity (Wildman–Crippen MR) is 119 cm³/mol. The van der Waals surface area contributed by atoms with Gasteiger partial charge in [0.15, 0.2) is 17.6 Å². The fraction of sp³-hybridized carbons (Fsp3) is 0.476. The van der Waals surface area contributed by atoms with E-state index >= 15 is 0 Å². The summed E-state index contributed by atoms with van der Waals surface area (Å²) in [6.45, 7) is -0.705. The minimum absolute atomic E-state index is 0.00448. The molecule has 8 N–H and O–H groups in total. The van der Waals surface area contributed by atoms with Crippen molar-refractivity contribution in [2.75, 3.05) is 13.1 Å². The van der Waals surface area contributed by atoms with Crippen LogP contribution in [0.5, 0.6) is 0 Å². The molecular formula is C21H22F4N8O5. The maximum absolute atomic E-state index is 13.8. The molecule has 4 aliphatic heterocycles. The van der Waals surface area contributed by atoms with E-state index in [2.05, 4.69) is 20.6 Å². The second-order valence-electron chi connectivity index (χ2n) is 9.39. The molecule has 0 saturated carbocycles. The summed E-state index contributed by atoms with van der Waals surface area (Å²) in [6, 6.07) is -2.70. The van der Waals surface area contributed by atoms with E-state index in [0.29, 0.717) is 12.1 Å². The van der Waals surface area contributed by atoms with Gasteiger partial charge in [-0.3, -0.25) is 19.3 Å². The summed E-state index contributed by atoms with van der Waals surface area (Å²) in [5.41, 5.74) is 7.82. The van der Waals surface area contributed by atoms with Crippen LogP contribution in [0.2, 0.25) is 0 Å². The van der Waals surface area contributed by atoms with Gasteiger partial charge in [-0.25, -0.2) is 14.4 Å². The number of amides is 3. The van der Waals surface area contributed by atoms with Gasteiger partial charge in [0.1, 0.15) is 17.9 Å². The normalized spacial score (nSPS) is 30.0. The summed E-state index contributed by atoms with van der Waals surface area (Å²) >= 11 is 0. The molecular weight excluding hydrogens is 520 g/mol. The Labute approximate surface area is 211 Å². The van der Waals surface area contributed by atoms with Crippen LogP contribution in [0, 0.1) is 5.82 Å². The third-order valence-corrected chi connectivity index (χ3v) is 7.12. The lowest BCUT2D eigenvalue weighted by atomic mass is 9.84. The maximum atomic E-state index is 13.8. The second kappa shape index (κ2) is 8.26. The smallest absolute Gasteiger partial charge is 0.370 e. The van der Waals surface area contributed by atoms with Crippen LogP contribution in [0.15, 0.2) is 28.2 Å². The minimum atomic E-state index is -4.93. The van der Waals surface area contributed by atoms with Crippen molar-refractivity contribution in [3.63, 3.8) is 0 Å². The lowest BCUT2D eigenvalue weighted by Gasteiger charge is -2.49. The Morgan fingerprint density at radius 3 is 2.45 bits per heavy atom. The van der Waals surface area contributed by atoms with E-state index in [1.165, 1.54) is 4.90 Å². The summed E-state index contributed by atoms with van der Waals surface area (Å²) in [4.78, 5) is 47.8. The molecule has 5 rings (SSSR count). The highest BCUT2D eigenvalue weighted by atomic mass is 19.4. The molecule has 4 aliphatic rings. The van der Waals surface area contributed by atoms with Crippen molar-refractivity contribution in [2.24, 2.45) is 21.5 Å². The van der Waals surface area contributed by atoms with Gasteiger partial charge in [-0.05, 0) is 18.2 Å². The van der Waals surface area contributed by atoms with Gasteiger partial charge in [-0.2, -0.15) is 13.2 Å². The highest BCUT2D eigenvalue weighted by Gasteiger charge is 2.73. The Kier molecular flexibility index (Phi) is 5.57. The number of benzene rings is 1. The predicted octanol–water partition coefficient (Wildman–Crippen LogP) is -2.23. The largest absolute Gasteiger partial charge is 0.416 e. The Balaban J connectivity index is 1.46. The van der Waals surface area contributed by atoms with Crippen molar-refractivity contribution in [1.29, 1.82) is 0 Å². The van der Waals surface area contributed by atoms with E-state index < -0.39 is 77.0 Å². The minimum Gasteiger partial charge on any atom is -0.370 e. The van der Waals surface area contributed by atoms with Gasteiger partial charge in [-0.15, -0.1) is 0 Å². The van der Waals surface area contributed by atoms with E-state index in [1.54, 1.807) is 0 Å². The van der Waals surface area contributed by atoms with Crippen molar-refractivity contribution in [1.82, 2.24) is 20.4 Å². The van der Waals surface area contributed by atoms with Crippen molar-refractivity contribution in [2.45, 2.75) is 48.6 Å². The van der Waals surface area contributed by atoms with Crippen LogP contribution < -0.4 is 22.1 Å². The third kappa shape index (κ3) is 3.72. The number of carbonyl (C=O) groups is 3. The van der Waals surface area contributed by atoms with Crippen LogP contribution in [-0.4, -0.2) is 92.3 Å². The molecule has 1 aromatic rings. The first kappa shape index (κ1) is 25.7. The Morgan fingerprint density at radius 2 is 1.82 bits per heavy atom. The molecule has 2 fully saturated rings. The summed E-state index contributed by atoms with van der Waals surface area (Å²) in [5, 5.41) is 27.6. The van der Waals surface area contributed by atoms with E-state index in [0.717, 1.165) is 4.90 Å². The Bertz CT molecular complexity index is 1280. The number of hydrogen-bond acceptors (Lipinski definition) is 11. The first-order valence-corrected chi connectivity index (χ1v) is 11.3. The number of nitrogens with zero attached hydrogens (tertiary/aromatic N) is 4. The van der Waals surface area contributed by atoms with Gasteiger partial charge in [-0.1, -0.05) is 0 Å². The van der Waals surface area contributed by atoms with E-state index in [9.17, 15) is 42.2 Å². The third-order valence-electron chi connectivity index (χ3n) is 7.12. The number of aliphatic imine (C=N–C) groups is 2. The van der Waals surface area contributed by atoms with Crippen LogP contribution >= 0.6 is 0 Å². The van der Waals surface area contributed by atoms with Crippen molar-refractivity contribution in [3.05, 3.63) is 35.1 Å². The molecule has 17 heteroatoms. The highest BCUT2D eigenvalue weighted by Crippen LogP contribution is 2.45. The first-order chi connectivity index (χ1) is 17.6. The Morgan fingerprint density at radius 1 is 1.16 bits per heavy atom. The molecule has 4 atom stereocenters. The van der Waals surface area contributed by atoms with Gasteiger partial charge >= 0.3 is 6.18 Å². The average molecular weight is 542 g/mol. The number of guanidine groups is 2. The molecule has 4 heterocycles. The molecule has 0 radical (unpaired) electrons. The van der Waals surface area contributed by atoms with Crippen LogP contribution in [0.3, 0.4) is 0 Å². The average Bonchev–Trinajstić information content (AvgIpc) is 3.41. The summed E-state index contributed by atoms with van der Waals surface area (Å²) in [6.07, 6.45) is -4.93. The molecule has 4 unspecified atom stereocenters. The molecule has 0 aromatic heterocycles. The van der Waals surface area contributed by atoms with Crippen LogP contribution in [0.4, 0.5) is 17.6 Å². The SMILES string of the molecule is NC1=NC2C(CN3C(=O)CCC3=O)N=C(N)N3CC(NC(=O)c4cc(F)cc(C(F)(F)F)c4)C(O)(O)C23N1. The highest BCUT2D eigenvalue weighted by molar-refractivity contribution is 6.02. The number of nitrogens with two attached hydrogens (primary N) is 2. The van der Waals surface area contributed by atoms with Crippen LogP contribution in [0.1, 0.15) is 28.8 Å². The maximum Gasteiger partial charge on any atom is 0.416 e. The molecule has 38 heavy (non-hydrogen) atoms. The number of imide groups is 1. The van der Waals surface area contributed by atoms with Gasteiger partial charge in [0.25, 0.3) is 5.91 Å². The first-order valence-electron chi connectivity index (χ1n) is 11.3. The molecule has 204 valence electrons. The number of carbonyl (C=O) groups excluding carboxylic acids is 3. The zero-order valence-corrected chi connectivity index (χ0v) is 19.4. The van der Waals surface area contributed by atoms with Crippen LogP contribution in [0.25, 0.3) is 0 Å². The van der Waals surface area contributed by atoms with Gasteiger partial charge in [0, 0.05) is 24.9 Å². The summed E-state index contributed by atoms with van der Waals surface area (Å²) in [5.74, 6) is -6.91. The number of halogens is 4. The number of rotatable bonds is 4. The van der Waals surface area contributed by atoms with Gasteiger partial charge in [0.05, 0.1) is 18.2 Å². The lowest BCUT2D eigenvalue weighted by Crippen LogP contribution is -2.78. The molecule has 1 aromatic carbocycles. The molecule has 0 bridgehead atoms. The van der Waals surface area contributed by atoms with Crippen molar-refractivity contribution >= 4 is 29.6 Å². The molecule has 3 amide bonds. The van der Waals surface area contributed by atoms with Crippen LogP contribution in [-0.2, 0) is 15.8 Å². The zero-order chi connectivity index (χ0) is 27.8. The Hall–Kier alpha value is -3.99. The van der Waals surface area contributed by atoms with E-state index in [1.807, 2.05) is 0 Å². The van der Waals surface area contributed by atoms with Gasteiger partial charge < -0.3 is 37.2 Å². The number of likely N-dealkylation sites (tertiary alicyclic amines) is 1.